The van der Waals surface area contributed by atoms with Crippen molar-refractivity contribution in [1.29, 1.82) is 0 Å². The van der Waals surface area contributed by atoms with Gasteiger partial charge in [-0.3, -0.25) is 9.69 Å². The number of benzene rings is 1. The van der Waals surface area contributed by atoms with Gasteiger partial charge < -0.3 is 20.3 Å². The fourth-order valence-corrected chi connectivity index (χ4v) is 1.95. The van der Waals surface area contributed by atoms with E-state index in [0.29, 0.717) is 11.4 Å². The van der Waals surface area contributed by atoms with Crippen LogP contribution in [0, 0.1) is 0 Å². The molecule has 0 unspecified atom stereocenters. The lowest BCUT2D eigenvalue weighted by Gasteiger charge is -2.34. The molecule has 1 heterocycles. The van der Waals surface area contributed by atoms with Crippen molar-refractivity contribution in [3.05, 3.63) is 18.2 Å². The Morgan fingerprint density at radius 1 is 1.44 bits per heavy atom. The molecule has 1 amide bonds. The van der Waals surface area contributed by atoms with Crippen LogP contribution in [0.25, 0.3) is 0 Å². The van der Waals surface area contributed by atoms with E-state index >= 15 is 0 Å². The number of rotatable bonds is 4. The third-order valence-corrected chi connectivity index (χ3v) is 2.91. The van der Waals surface area contributed by atoms with E-state index in [1.165, 1.54) is 4.90 Å². The van der Waals surface area contributed by atoms with Crippen LogP contribution in [0.1, 0.15) is 0 Å². The Morgan fingerprint density at radius 2 is 2.17 bits per heavy atom. The van der Waals surface area contributed by atoms with Gasteiger partial charge in [-0.1, -0.05) is 0 Å². The number of carbonyl (C=O) groups excluding carboxylic acids is 1. The lowest BCUT2D eigenvalue weighted by molar-refractivity contribution is -0.122. The molecule has 0 radical (unpaired) electrons. The summed E-state index contributed by atoms with van der Waals surface area (Å²) >= 11 is 0. The number of fused-ring (bicyclic) bond motifs is 1. The number of carbonyl (C=O) groups is 1. The molecular formula is C12H16N2O4. The Bertz CT molecular complexity index is 446. The monoisotopic (exact) mass is 252 g/mol. The molecule has 6 nitrogen and oxygen atoms in total. The summed E-state index contributed by atoms with van der Waals surface area (Å²) in [5, 5.41) is 21.4. The molecule has 2 rings (SSSR count). The summed E-state index contributed by atoms with van der Waals surface area (Å²) in [7, 11) is 1.77. The molecule has 0 bridgehead atoms. The van der Waals surface area contributed by atoms with Gasteiger partial charge in [-0.2, -0.15) is 0 Å². The van der Waals surface area contributed by atoms with Crippen molar-refractivity contribution in [3.8, 4) is 5.75 Å². The van der Waals surface area contributed by atoms with Gasteiger partial charge >= 0.3 is 0 Å². The van der Waals surface area contributed by atoms with E-state index in [0.717, 1.165) is 5.69 Å². The van der Waals surface area contributed by atoms with Gasteiger partial charge in [0.05, 0.1) is 24.9 Å². The minimum absolute atomic E-state index is 0.0810. The summed E-state index contributed by atoms with van der Waals surface area (Å²) in [6, 6.07) is 4.70. The molecule has 98 valence electrons. The minimum atomic E-state index is -0.646. The van der Waals surface area contributed by atoms with E-state index in [-0.39, 0.29) is 25.7 Å². The minimum Gasteiger partial charge on any atom is -0.482 e. The first-order valence-corrected chi connectivity index (χ1v) is 5.69. The van der Waals surface area contributed by atoms with E-state index in [1.54, 1.807) is 19.2 Å². The van der Waals surface area contributed by atoms with E-state index in [2.05, 4.69) is 5.32 Å². The maximum Gasteiger partial charge on any atom is 0.265 e. The first-order valence-electron chi connectivity index (χ1n) is 5.69. The van der Waals surface area contributed by atoms with Crippen LogP contribution in [0.3, 0.4) is 0 Å². The predicted octanol–water partition coefficient (Wildman–Crippen LogP) is -0.193. The molecular weight excluding hydrogens is 236 g/mol. The topological polar surface area (TPSA) is 82.0 Å². The smallest absolute Gasteiger partial charge is 0.265 e. The number of hydrogen-bond donors (Lipinski definition) is 3. The van der Waals surface area contributed by atoms with Gasteiger partial charge in [0.15, 0.2) is 6.61 Å². The summed E-state index contributed by atoms with van der Waals surface area (Å²) < 4.78 is 5.32. The highest BCUT2D eigenvalue weighted by atomic mass is 16.5. The lowest BCUT2D eigenvalue weighted by atomic mass is 10.1. The molecule has 0 aromatic heterocycles. The second-order valence-electron chi connectivity index (χ2n) is 4.00. The van der Waals surface area contributed by atoms with Crippen molar-refractivity contribution >= 4 is 17.3 Å². The molecule has 1 aromatic carbocycles. The van der Waals surface area contributed by atoms with Crippen molar-refractivity contribution in [2.75, 3.05) is 37.1 Å². The van der Waals surface area contributed by atoms with Crippen LogP contribution in [0.4, 0.5) is 11.4 Å². The van der Waals surface area contributed by atoms with E-state index in [4.69, 9.17) is 4.74 Å². The van der Waals surface area contributed by atoms with Gasteiger partial charge in [0.25, 0.3) is 5.91 Å². The molecule has 1 aliphatic rings. The standard InChI is InChI=1S/C12H16N2O4/c1-13-8-2-3-11-10(4-8)14(9(5-15)6-16)12(17)7-18-11/h2-4,9,13,15-16H,5-7H2,1H3. The quantitative estimate of drug-likeness (QED) is 0.691. The van der Waals surface area contributed by atoms with Crippen LogP contribution in [0.5, 0.6) is 5.75 Å². The molecule has 0 spiro atoms. The summed E-state index contributed by atoms with van der Waals surface area (Å²) in [4.78, 5) is 13.3. The number of ether oxygens (including phenoxy) is 1. The number of anilines is 2. The van der Waals surface area contributed by atoms with Crippen LogP contribution >= 0.6 is 0 Å². The summed E-state index contributed by atoms with van der Waals surface area (Å²) in [5.41, 5.74) is 1.39. The first-order chi connectivity index (χ1) is 8.71. The molecule has 0 saturated heterocycles. The molecule has 0 aliphatic carbocycles. The van der Waals surface area contributed by atoms with Gasteiger partial charge in [0, 0.05) is 12.7 Å². The largest absolute Gasteiger partial charge is 0.482 e. The fourth-order valence-electron chi connectivity index (χ4n) is 1.95. The third-order valence-electron chi connectivity index (χ3n) is 2.91. The van der Waals surface area contributed by atoms with E-state index in [9.17, 15) is 15.0 Å². The van der Waals surface area contributed by atoms with Crippen molar-refractivity contribution in [1.82, 2.24) is 0 Å². The van der Waals surface area contributed by atoms with Gasteiger partial charge in [0.1, 0.15) is 5.75 Å². The summed E-state index contributed by atoms with van der Waals surface area (Å²) in [6.07, 6.45) is 0. The molecule has 6 heteroatoms. The van der Waals surface area contributed by atoms with E-state index < -0.39 is 6.04 Å². The number of hydrogen-bond acceptors (Lipinski definition) is 5. The second kappa shape index (κ2) is 5.24. The highest BCUT2D eigenvalue weighted by molar-refractivity contribution is 5.99. The van der Waals surface area contributed by atoms with Crippen LogP contribution in [-0.2, 0) is 4.79 Å². The number of aliphatic hydroxyl groups is 2. The van der Waals surface area contributed by atoms with Crippen molar-refractivity contribution < 1.29 is 19.7 Å². The summed E-state index contributed by atoms with van der Waals surface area (Å²) in [6.45, 7) is -0.681. The Hall–Kier alpha value is -1.79. The van der Waals surface area contributed by atoms with Gasteiger partial charge in [-0.05, 0) is 18.2 Å². The Morgan fingerprint density at radius 3 is 2.78 bits per heavy atom. The van der Waals surface area contributed by atoms with Crippen molar-refractivity contribution in [3.63, 3.8) is 0 Å². The molecule has 1 aromatic rings. The highest BCUT2D eigenvalue weighted by Gasteiger charge is 2.31. The van der Waals surface area contributed by atoms with Crippen LogP contribution in [0.15, 0.2) is 18.2 Å². The summed E-state index contributed by atoms with van der Waals surface area (Å²) in [5.74, 6) is 0.296. The number of nitrogens with zero attached hydrogens (tertiary/aromatic N) is 1. The lowest BCUT2D eigenvalue weighted by Crippen LogP contribution is -2.49. The van der Waals surface area contributed by atoms with Gasteiger partial charge in [0.2, 0.25) is 0 Å². The van der Waals surface area contributed by atoms with Gasteiger partial charge in [-0.25, -0.2) is 0 Å². The third kappa shape index (κ3) is 2.12. The van der Waals surface area contributed by atoms with Crippen molar-refractivity contribution in [2.45, 2.75) is 6.04 Å². The maximum atomic E-state index is 11.9. The normalized spacial score (nSPS) is 14.4. The molecule has 1 aliphatic heterocycles. The molecule has 3 N–H and O–H groups in total. The number of nitrogens with one attached hydrogen (secondary N) is 1. The van der Waals surface area contributed by atoms with Crippen molar-refractivity contribution in [2.24, 2.45) is 0 Å². The molecule has 0 saturated carbocycles. The zero-order valence-corrected chi connectivity index (χ0v) is 10.1. The maximum absolute atomic E-state index is 11.9. The van der Waals surface area contributed by atoms with Gasteiger partial charge in [-0.15, -0.1) is 0 Å². The first kappa shape index (κ1) is 12.7. The highest BCUT2D eigenvalue weighted by Crippen LogP contribution is 2.35. The zero-order chi connectivity index (χ0) is 13.1. The Kier molecular flexibility index (Phi) is 3.69. The number of amides is 1. The SMILES string of the molecule is CNc1ccc2c(c1)N(C(CO)CO)C(=O)CO2. The zero-order valence-electron chi connectivity index (χ0n) is 10.1. The average molecular weight is 252 g/mol. The number of aliphatic hydroxyl groups excluding tert-OH is 2. The molecule has 18 heavy (non-hydrogen) atoms. The average Bonchev–Trinajstić information content (AvgIpc) is 2.41. The van der Waals surface area contributed by atoms with Crippen LogP contribution in [-0.4, -0.2) is 49.0 Å². The predicted molar refractivity (Wildman–Crippen MR) is 66.9 cm³/mol. The Labute approximate surface area is 105 Å². The van der Waals surface area contributed by atoms with Crippen LogP contribution < -0.4 is 15.0 Å². The molecule has 0 atom stereocenters. The fraction of sp³-hybridized carbons (Fsp3) is 0.417. The van der Waals surface area contributed by atoms with Crippen LogP contribution in [0.2, 0.25) is 0 Å². The second-order valence-corrected chi connectivity index (χ2v) is 4.00. The van der Waals surface area contributed by atoms with E-state index in [1.807, 2.05) is 6.07 Å². The Balaban J connectivity index is 2.44. The molecule has 0 fully saturated rings.